The van der Waals surface area contributed by atoms with Gasteiger partial charge < -0.3 is 9.84 Å². The minimum Gasteiger partial charge on any atom is -0.490 e. The monoisotopic (exact) mass is 433 g/mol. The summed E-state index contributed by atoms with van der Waals surface area (Å²) in [6.45, 7) is 5.85. The van der Waals surface area contributed by atoms with Crippen molar-refractivity contribution in [1.82, 2.24) is 9.88 Å². The number of nitrogens with zero attached hydrogens (tertiary/aromatic N) is 3. The second-order valence-electron chi connectivity index (χ2n) is 7.95. The Kier molecular flexibility index (Phi) is 6.03. The summed E-state index contributed by atoms with van der Waals surface area (Å²) in [4.78, 5) is 18.6. The number of carboxylic acid groups (broad SMARTS) is 1. The Bertz CT molecular complexity index is 1130. The molecule has 1 aliphatic heterocycles. The van der Waals surface area contributed by atoms with Crippen LogP contribution in [0.1, 0.15) is 25.0 Å². The molecule has 1 aliphatic rings. The van der Waals surface area contributed by atoms with Gasteiger partial charge in [-0.2, -0.15) is 5.26 Å². The largest absolute Gasteiger partial charge is 0.490 e. The van der Waals surface area contributed by atoms with Crippen LogP contribution in [0.5, 0.6) is 5.75 Å². The predicted molar refractivity (Wildman–Crippen MR) is 120 cm³/mol. The fraction of sp³-hybridized carbons (Fsp3) is 0.292. The van der Waals surface area contributed by atoms with Crippen LogP contribution < -0.4 is 4.74 Å². The number of rotatable bonds is 7. The standard InChI is InChI=1S/C24H23N3O3S/c1-15(2)30-21-8-7-18(9-19(21)10-25)22-11-26-23(31-22)17-5-3-16(4-6-17)12-27-13-20(14-27)24(28)29/h3-9,11,15,20H,12-14H2,1-2H3,(H,28,29). The average Bonchev–Trinajstić information content (AvgIpc) is 3.20. The first-order chi connectivity index (χ1) is 14.9. The Labute approximate surface area is 185 Å². The third-order valence-corrected chi connectivity index (χ3v) is 6.26. The van der Waals surface area contributed by atoms with Gasteiger partial charge in [0.05, 0.1) is 22.5 Å². The summed E-state index contributed by atoms with van der Waals surface area (Å²) in [5, 5.41) is 19.4. The molecule has 158 valence electrons. The van der Waals surface area contributed by atoms with E-state index in [1.54, 1.807) is 11.3 Å². The van der Waals surface area contributed by atoms with Gasteiger partial charge >= 0.3 is 5.97 Å². The number of likely N-dealkylation sites (tertiary alicyclic amines) is 1. The number of hydrogen-bond donors (Lipinski definition) is 1. The van der Waals surface area contributed by atoms with Gasteiger partial charge in [0.15, 0.2) is 0 Å². The number of carbonyl (C=O) groups is 1. The number of ether oxygens (including phenoxy) is 1. The molecule has 1 N–H and O–H groups in total. The molecule has 2 aromatic carbocycles. The van der Waals surface area contributed by atoms with Crippen molar-refractivity contribution in [3.8, 4) is 32.8 Å². The molecule has 0 spiro atoms. The van der Waals surface area contributed by atoms with Crippen LogP contribution in [-0.2, 0) is 11.3 Å². The predicted octanol–water partition coefficient (Wildman–Crippen LogP) is 4.65. The molecule has 1 saturated heterocycles. The molecule has 2 heterocycles. The number of thiazole rings is 1. The second-order valence-corrected chi connectivity index (χ2v) is 8.98. The summed E-state index contributed by atoms with van der Waals surface area (Å²) in [6, 6.07) is 16.1. The minimum atomic E-state index is -0.713. The van der Waals surface area contributed by atoms with E-state index in [0.717, 1.165) is 33.1 Å². The highest BCUT2D eigenvalue weighted by Gasteiger charge is 2.32. The van der Waals surface area contributed by atoms with Gasteiger partial charge in [-0.15, -0.1) is 11.3 Å². The Balaban J connectivity index is 1.45. The molecule has 0 unspecified atom stereocenters. The Morgan fingerprint density at radius 3 is 2.61 bits per heavy atom. The van der Waals surface area contributed by atoms with Crippen LogP contribution in [0.3, 0.4) is 0 Å². The van der Waals surface area contributed by atoms with Crippen molar-refractivity contribution in [2.75, 3.05) is 13.1 Å². The van der Waals surface area contributed by atoms with E-state index >= 15 is 0 Å². The van der Waals surface area contributed by atoms with Crippen molar-refractivity contribution in [1.29, 1.82) is 5.26 Å². The fourth-order valence-corrected chi connectivity index (χ4v) is 4.45. The number of benzene rings is 2. The highest BCUT2D eigenvalue weighted by molar-refractivity contribution is 7.18. The number of nitriles is 1. The SMILES string of the molecule is CC(C)Oc1ccc(-c2cnc(-c3ccc(CN4CC(C(=O)O)C4)cc3)s2)cc1C#N. The van der Waals surface area contributed by atoms with Gasteiger partial charge in [0.2, 0.25) is 0 Å². The van der Waals surface area contributed by atoms with E-state index in [1.807, 2.05) is 50.4 Å². The van der Waals surface area contributed by atoms with E-state index in [-0.39, 0.29) is 12.0 Å². The summed E-state index contributed by atoms with van der Waals surface area (Å²) in [5.41, 5.74) is 3.65. The van der Waals surface area contributed by atoms with Gasteiger partial charge in [-0.1, -0.05) is 24.3 Å². The van der Waals surface area contributed by atoms with E-state index in [9.17, 15) is 10.1 Å². The molecule has 1 aromatic heterocycles. The van der Waals surface area contributed by atoms with Crippen LogP contribution in [0.2, 0.25) is 0 Å². The van der Waals surface area contributed by atoms with Gasteiger partial charge in [0, 0.05) is 31.4 Å². The molecule has 0 amide bonds. The Morgan fingerprint density at radius 2 is 1.97 bits per heavy atom. The van der Waals surface area contributed by atoms with Gasteiger partial charge in [-0.05, 0) is 43.2 Å². The maximum Gasteiger partial charge on any atom is 0.309 e. The molecule has 0 radical (unpaired) electrons. The minimum absolute atomic E-state index is 0.00983. The smallest absolute Gasteiger partial charge is 0.309 e. The van der Waals surface area contributed by atoms with Gasteiger partial charge in [0.25, 0.3) is 0 Å². The molecular weight excluding hydrogens is 410 g/mol. The van der Waals surface area contributed by atoms with Crippen LogP contribution in [0, 0.1) is 17.2 Å². The molecule has 0 atom stereocenters. The molecule has 7 heteroatoms. The van der Waals surface area contributed by atoms with Crippen molar-refractivity contribution < 1.29 is 14.6 Å². The van der Waals surface area contributed by atoms with E-state index < -0.39 is 5.97 Å². The third kappa shape index (κ3) is 4.76. The maximum atomic E-state index is 10.9. The summed E-state index contributed by atoms with van der Waals surface area (Å²) >= 11 is 1.58. The molecule has 0 saturated carbocycles. The molecular formula is C24H23N3O3S. The number of aliphatic carboxylic acids is 1. The Morgan fingerprint density at radius 1 is 1.26 bits per heavy atom. The van der Waals surface area contributed by atoms with E-state index in [2.05, 4.69) is 28.1 Å². The normalized spacial score (nSPS) is 14.3. The van der Waals surface area contributed by atoms with Crippen molar-refractivity contribution in [2.24, 2.45) is 5.92 Å². The first-order valence-electron chi connectivity index (χ1n) is 10.1. The topological polar surface area (TPSA) is 86.4 Å². The van der Waals surface area contributed by atoms with Crippen LogP contribution in [0.25, 0.3) is 21.0 Å². The molecule has 6 nitrogen and oxygen atoms in total. The lowest BCUT2D eigenvalue weighted by Crippen LogP contribution is -2.49. The molecule has 0 aliphatic carbocycles. The molecule has 4 rings (SSSR count). The summed E-state index contributed by atoms with van der Waals surface area (Å²) in [7, 11) is 0. The summed E-state index contributed by atoms with van der Waals surface area (Å²) < 4.78 is 5.70. The first-order valence-corrected chi connectivity index (χ1v) is 11.0. The van der Waals surface area contributed by atoms with Crippen molar-refractivity contribution >= 4 is 17.3 Å². The lowest BCUT2D eigenvalue weighted by molar-refractivity contribution is -0.147. The van der Waals surface area contributed by atoms with Crippen LogP contribution in [0.4, 0.5) is 0 Å². The zero-order valence-electron chi connectivity index (χ0n) is 17.4. The lowest BCUT2D eigenvalue weighted by atomic mass is 9.99. The first kappa shape index (κ1) is 21.0. The van der Waals surface area contributed by atoms with Crippen molar-refractivity contribution in [2.45, 2.75) is 26.5 Å². The third-order valence-electron chi connectivity index (χ3n) is 5.17. The van der Waals surface area contributed by atoms with Crippen molar-refractivity contribution in [3.63, 3.8) is 0 Å². The van der Waals surface area contributed by atoms with E-state index in [1.165, 1.54) is 0 Å². The van der Waals surface area contributed by atoms with E-state index in [4.69, 9.17) is 9.84 Å². The highest BCUT2D eigenvalue weighted by Crippen LogP contribution is 2.34. The zero-order chi connectivity index (χ0) is 22.0. The van der Waals surface area contributed by atoms with Crippen LogP contribution in [0.15, 0.2) is 48.7 Å². The Hall–Kier alpha value is -3.21. The van der Waals surface area contributed by atoms with Gasteiger partial charge in [0.1, 0.15) is 16.8 Å². The second kappa shape index (κ2) is 8.88. The van der Waals surface area contributed by atoms with E-state index in [0.29, 0.717) is 24.4 Å². The molecule has 3 aromatic rings. The quantitative estimate of drug-likeness (QED) is 0.584. The average molecular weight is 434 g/mol. The van der Waals surface area contributed by atoms with Crippen LogP contribution in [-0.4, -0.2) is 40.2 Å². The number of aromatic nitrogens is 1. The molecule has 1 fully saturated rings. The van der Waals surface area contributed by atoms with Crippen molar-refractivity contribution in [3.05, 3.63) is 59.8 Å². The molecule has 0 bridgehead atoms. The zero-order valence-corrected chi connectivity index (χ0v) is 18.2. The number of hydrogen-bond acceptors (Lipinski definition) is 6. The molecule has 31 heavy (non-hydrogen) atoms. The van der Waals surface area contributed by atoms with Crippen LogP contribution >= 0.6 is 11.3 Å². The number of carboxylic acids is 1. The van der Waals surface area contributed by atoms with Gasteiger partial charge in [-0.25, -0.2) is 4.98 Å². The van der Waals surface area contributed by atoms with Gasteiger partial charge in [-0.3, -0.25) is 9.69 Å². The highest BCUT2D eigenvalue weighted by atomic mass is 32.1. The summed E-state index contributed by atoms with van der Waals surface area (Å²) in [6.07, 6.45) is 1.84. The fourth-order valence-electron chi connectivity index (χ4n) is 3.53. The maximum absolute atomic E-state index is 10.9. The lowest BCUT2D eigenvalue weighted by Gasteiger charge is -2.36. The summed E-state index contributed by atoms with van der Waals surface area (Å²) in [5.74, 6) is -0.353.